The van der Waals surface area contributed by atoms with E-state index < -0.39 is 18.5 Å². The minimum Gasteiger partial charge on any atom is -0.455 e. The van der Waals surface area contributed by atoms with Gasteiger partial charge < -0.3 is 14.6 Å². The van der Waals surface area contributed by atoms with E-state index in [2.05, 4.69) is 20.6 Å². The second-order valence-corrected chi connectivity index (χ2v) is 6.45. The van der Waals surface area contributed by atoms with Crippen LogP contribution >= 0.6 is 11.6 Å². The van der Waals surface area contributed by atoms with Crippen molar-refractivity contribution in [3.8, 4) is 5.69 Å². The molecule has 1 amide bonds. The highest BCUT2D eigenvalue weighted by molar-refractivity contribution is 6.31. The van der Waals surface area contributed by atoms with E-state index in [9.17, 15) is 9.59 Å². The molecule has 2 heterocycles. The first-order valence-electron chi connectivity index (χ1n) is 8.53. The quantitative estimate of drug-likeness (QED) is 0.485. The highest BCUT2D eigenvalue weighted by Crippen LogP contribution is 2.24. The summed E-state index contributed by atoms with van der Waals surface area (Å²) in [6, 6.07) is 12.1. The number of rotatable bonds is 6. The Morgan fingerprint density at radius 3 is 2.90 bits per heavy atom. The summed E-state index contributed by atoms with van der Waals surface area (Å²) >= 11 is 6.02. The largest absolute Gasteiger partial charge is 0.455 e. The summed E-state index contributed by atoms with van der Waals surface area (Å²) < 4.78 is 11.7. The van der Waals surface area contributed by atoms with Gasteiger partial charge in [-0.3, -0.25) is 9.59 Å². The molecule has 2 aromatic carbocycles. The lowest BCUT2D eigenvalue weighted by Gasteiger charge is -2.11. The fourth-order valence-corrected chi connectivity index (χ4v) is 2.90. The van der Waals surface area contributed by atoms with E-state index in [1.165, 1.54) is 17.3 Å². The van der Waals surface area contributed by atoms with E-state index in [0.29, 0.717) is 27.7 Å². The van der Waals surface area contributed by atoms with Crippen molar-refractivity contribution in [2.75, 3.05) is 11.9 Å². The molecule has 1 N–H and O–H groups in total. The highest BCUT2D eigenvalue weighted by atomic mass is 35.5. The van der Waals surface area contributed by atoms with Crippen LogP contribution in [0.2, 0.25) is 5.02 Å². The molecule has 0 bridgehead atoms. The molecule has 4 rings (SSSR count). The van der Waals surface area contributed by atoms with Gasteiger partial charge in [-0.05, 0) is 30.3 Å². The van der Waals surface area contributed by atoms with Gasteiger partial charge in [0.25, 0.3) is 5.91 Å². The molecule has 10 heteroatoms. The number of carbonyl (C=O) groups excluding carboxylic acids is 2. The number of benzene rings is 2. The van der Waals surface area contributed by atoms with E-state index in [1.807, 2.05) is 12.1 Å². The van der Waals surface area contributed by atoms with Crippen molar-refractivity contribution >= 4 is 40.1 Å². The van der Waals surface area contributed by atoms with Gasteiger partial charge >= 0.3 is 5.97 Å². The molecule has 0 aliphatic rings. The van der Waals surface area contributed by atoms with Gasteiger partial charge in [0.15, 0.2) is 12.2 Å². The fraction of sp³-hybridized carbons (Fsp3) is 0.105. The van der Waals surface area contributed by atoms with Gasteiger partial charge in [-0.2, -0.15) is 5.10 Å². The minimum atomic E-state index is -0.596. The SMILES string of the molecule is O=C(COC(=O)Cc1noc2ccccc12)Nc1cc(Cl)ccc1-n1cncn1. The van der Waals surface area contributed by atoms with Gasteiger partial charge in [-0.1, -0.05) is 28.9 Å². The number of carbonyl (C=O) groups is 2. The molecule has 9 nitrogen and oxygen atoms in total. The number of halogens is 1. The lowest BCUT2D eigenvalue weighted by atomic mass is 10.2. The maximum Gasteiger partial charge on any atom is 0.312 e. The first kappa shape index (κ1) is 18.6. The van der Waals surface area contributed by atoms with Gasteiger partial charge in [-0.25, -0.2) is 9.67 Å². The van der Waals surface area contributed by atoms with Crippen molar-refractivity contribution in [1.82, 2.24) is 19.9 Å². The van der Waals surface area contributed by atoms with Gasteiger partial charge in [0, 0.05) is 10.4 Å². The molecule has 0 radical (unpaired) electrons. The lowest BCUT2D eigenvalue weighted by molar-refractivity contribution is -0.146. The Labute approximate surface area is 169 Å². The monoisotopic (exact) mass is 411 g/mol. The predicted molar refractivity (Wildman–Crippen MR) is 104 cm³/mol. The smallest absolute Gasteiger partial charge is 0.312 e. The van der Waals surface area contributed by atoms with Gasteiger partial charge in [0.2, 0.25) is 0 Å². The van der Waals surface area contributed by atoms with Crippen LogP contribution in [-0.2, 0) is 20.7 Å². The van der Waals surface area contributed by atoms with Crippen LogP contribution in [0.15, 0.2) is 59.6 Å². The molecular weight excluding hydrogens is 398 g/mol. The molecule has 146 valence electrons. The molecule has 0 saturated carbocycles. The molecule has 0 aliphatic heterocycles. The van der Waals surface area contributed by atoms with Crippen LogP contribution < -0.4 is 5.32 Å². The fourth-order valence-electron chi connectivity index (χ4n) is 2.73. The topological polar surface area (TPSA) is 112 Å². The van der Waals surface area contributed by atoms with Crippen LogP contribution in [0.25, 0.3) is 16.7 Å². The van der Waals surface area contributed by atoms with E-state index in [0.717, 1.165) is 5.39 Å². The van der Waals surface area contributed by atoms with E-state index in [-0.39, 0.29) is 6.42 Å². The Morgan fingerprint density at radius 2 is 2.07 bits per heavy atom. The number of hydrogen-bond acceptors (Lipinski definition) is 7. The molecule has 0 unspecified atom stereocenters. The zero-order chi connectivity index (χ0) is 20.2. The second-order valence-electron chi connectivity index (χ2n) is 6.01. The zero-order valence-corrected chi connectivity index (χ0v) is 15.7. The summed E-state index contributed by atoms with van der Waals surface area (Å²) in [7, 11) is 0. The van der Waals surface area contributed by atoms with Crippen molar-refractivity contribution in [2.45, 2.75) is 6.42 Å². The molecule has 0 spiro atoms. The van der Waals surface area contributed by atoms with E-state index in [1.54, 1.807) is 30.3 Å². The summed E-state index contributed by atoms with van der Waals surface area (Å²) in [6.07, 6.45) is 2.75. The molecular formula is C19H14ClN5O4. The maximum atomic E-state index is 12.3. The van der Waals surface area contributed by atoms with E-state index in [4.69, 9.17) is 20.9 Å². The van der Waals surface area contributed by atoms with Crippen molar-refractivity contribution in [2.24, 2.45) is 0 Å². The number of amides is 1. The summed E-state index contributed by atoms with van der Waals surface area (Å²) in [5.74, 6) is -1.12. The average Bonchev–Trinajstić information content (AvgIpc) is 3.37. The Hall–Kier alpha value is -3.72. The van der Waals surface area contributed by atoms with Crippen LogP contribution in [0, 0.1) is 0 Å². The number of nitrogens with zero attached hydrogens (tertiary/aromatic N) is 4. The first-order valence-corrected chi connectivity index (χ1v) is 8.91. The third-order valence-electron chi connectivity index (χ3n) is 4.03. The number of fused-ring (bicyclic) bond motifs is 1. The summed E-state index contributed by atoms with van der Waals surface area (Å²) in [5, 5.41) is 11.7. The second kappa shape index (κ2) is 8.11. The van der Waals surface area contributed by atoms with Crippen molar-refractivity contribution in [3.05, 3.63) is 65.8 Å². The minimum absolute atomic E-state index is 0.105. The number of ether oxygens (including phenoxy) is 1. The predicted octanol–water partition coefficient (Wildman–Crippen LogP) is 2.79. The van der Waals surface area contributed by atoms with E-state index >= 15 is 0 Å². The number of hydrogen-bond donors (Lipinski definition) is 1. The van der Waals surface area contributed by atoms with Gasteiger partial charge in [0.05, 0.1) is 17.8 Å². The first-order chi connectivity index (χ1) is 14.1. The number of esters is 1. The number of para-hydroxylation sites is 1. The van der Waals surface area contributed by atoms with Crippen LogP contribution in [0.1, 0.15) is 5.69 Å². The molecule has 4 aromatic rings. The molecule has 29 heavy (non-hydrogen) atoms. The summed E-state index contributed by atoms with van der Waals surface area (Å²) in [5.41, 5.74) is 2.01. The average molecular weight is 412 g/mol. The lowest BCUT2D eigenvalue weighted by Crippen LogP contribution is -2.22. The molecule has 0 saturated heterocycles. The van der Waals surface area contributed by atoms with Gasteiger partial charge in [-0.15, -0.1) is 0 Å². The highest BCUT2D eigenvalue weighted by Gasteiger charge is 2.15. The zero-order valence-electron chi connectivity index (χ0n) is 14.9. The Bertz CT molecular complexity index is 1170. The summed E-state index contributed by atoms with van der Waals surface area (Å²) in [4.78, 5) is 28.2. The molecule has 0 atom stereocenters. The number of nitrogens with one attached hydrogen (secondary N) is 1. The number of anilines is 1. The Balaban J connectivity index is 1.38. The summed E-state index contributed by atoms with van der Waals surface area (Å²) in [6.45, 7) is -0.460. The van der Waals surface area contributed by atoms with Gasteiger partial charge in [0.1, 0.15) is 18.3 Å². The molecule has 2 aromatic heterocycles. The Morgan fingerprint density at radius 1 is 1.21 bits per heavy atom. The standard InChI is InChI=1S/C19H14ClN5O4/c20-12-5-6-16(25-11-21-10-22-25)15(7-12)23-18(26)9-28-19(27)8-14-13-3-1-2-4-17(13)29-24-14/h1-7,10-11H,8-9H2,(H,23,26). The van der Waals surface area contributed by atoms with Crippen LogP contribution in [-0.4, -0.2) is 38.4 Å². The molecule has 0 fully saturated rings. The third kappa shape index (κ3) is 4.25. The van der Waals surface area contributed by atoms with Crippen LogP contribution in [0.5, 0.6) is 0 Å². The normalized spacial score (nSPS) is 10.8. The van der Waals surface area contributed by atoms with Crippen LogP contribution in [0.3, 0.4) is 0 Å². The van der Waals surface area contributed by atoms with Crippen molar-refractivity contribution < 1.29 is 18.8 Å². The van der Waals surface area contributed by atoms with Crippen molar-refractivity contribution in [1.29, 1.82) is 0 Å². The maximum absolute atomic E-state index is 12.3. The third-order valence-corrected chi connectivity index (χ3v) is 4.26. The van der Waals surface area contributed by atoms with Crippen molar-refractivity contribution in [3.63, 3.8) is 0 Å². The Kier molecular flexibility index (Phi) is 5.21. The number of aromatic nitrogens is 4. The molecule has 0 aliphatic carbocycles. The van der Waals surface area contributed by atoms with Crippen LogP contribution in [0.4, 0.5) is 5.69 Å².